The number of fused-ring (bicyclic) bond motifs is 1. The van der Waals surface area contributed by atoms with Crippen molar-refractivity contribution >= 4 is 17.0 Å². The first-order valence-electron chi connectivity index (χ1n) is 5.55. The summed E-state index contributed by atoms with van der Waals surface area (Å²) in [6.45, 7) is 6.19. The molecule has 0 bridgehead atoms. The third-order valence-electron chi connectivity index (χ3n) is 2.83. The van der Waals surface area contributed by atoms with E-state index < -0.39 is 0 Å². The Hall–Kier alpha value is -1.68. The van der Waals surface area contributed by atoms with E-state index in [1.54, 1.807) is 11.3 Å². The van der Waals surface area contributed by atoms with Gasteiger partial charge in [-0.15, -0.1) is 11.3 Å². The molecule has 86 valence electrons. The maximum Gasteiger partial charge on any atom is 0.137 e. The van der Waals surface area contributed by atoms with Gasteiger partial charge in [-0.25, -0.2) is 9.97 Å². The minimum absolute atomic E-state index is 0.977. The molecule has 0 aliphatic rings. The van der Waals surface area contributed by atoms with Crippen molar-refractivity contribution in [3.8, 4) is 11.4 Å². The van der Waals surface area contributed by atoms with Gasteiger partial charge in [0.15, 0.2) is 0 Å². The van der Waals surface area contributed by atoms with Gasteiger partial charge in [-0.05, 0) is 32.9 Å². The largest absolute Gasteiger partial charge is 0.298 e. The Labute approximate surface area is 104 Å². The molecule has 3 rings (SSSR count). The van der Waals surface area contributed by atoms with Crippen molar-refractivity contribution < 1.29 is 0 Å². The molecule has 0 spiro atoms. The number of aromatic nitrogens is 3. The van der Waals surface area contributed by atoms with Crippen LogP contribution in [0.3, 0.4) is 0 Å². The summed E-state index contributed by atoms with van der Waals surface area (Å²) in [5.41, 5.74) is 4.18. The molecule has 0 fully saturated rings. The Morgan fingerprint density at radius 2 is 1.94 bits per heavy atom. The van der Waals surface area contributed by atoms with E-state index in [1.807, 2.05) is 38.2 Å². The first kappa shape index (κ1) is 10.5. The van der Waals surface area contributed by atoms with Crippen molar-refractivity contribution in [2.75, 3.05) is 0 Å². The summed E-state index contributed by atoms with van der Waals surface area (Å²) >= 11 is 1.73. The van der Waals surface area contributed by atoms with E-state index in [0.717, 1.165) is 27.7 Å². The fourth-order valence-corrected chi connectivity index (χ4v) is 2.97. The van der Waals surface area contributed by atoms with Crippen LogP contribution in [0.1, 0.15) is 15.6 Å². The first-order chi connectivity index (χ1) is 8.16. The molecule has 17 heavy (non-hydrogen) atoms. The Morgan fingerprint density at radius 1 is 1.12 bits per heavy atom. The lowest BCUT2D eigenvalue weighted by Crippen LogP contribution is -1.90. The normalized spacial score (nSPS) is 11.2. The zero-order valence-corrected chi connectivity index (χ0v) is 10.9. The second-order valence-corrected chi connectivity index (χ2v) is 5.52. The molecule has 0 N–H and O–H groups in total. The number of pyridine rings is 1. The van der Waals surface area contributed by atoms with Crippen molar-refractivity contribution in [1.82, 2.24) is 14.4 Å². The molecular weight excluding hydrogens is 230 g/mol. The minimum Gasteiger partial charge on any atom is -0.298 e. The van der Waals surface area contributed by atoms with Gasteiger partial charge in [0.1, 0.15) is 11.3 Å². The summed E-state index contributed by atoms with van der Waals surface area (Å²) in [5.74, 6) is 0. The van der Waals surface area contributed by atoms with Crippen LogP contribution in [-0.2, 0) is 0 Å². The van der Waals surface area contributed by atoms with Gasteiger partial charge in [0.25, 0.3) is 0 Å². The molecule has 4 heteroatoms. The lowest BCUT2D eigenvalue weighted by molar-refractivity contribution is 1.15. The Morgan fingerprint density at radius 3 is 2.65 bits per heavy atom. The number of thiazole rings is 1. The number of aryl methyl sites for hydroxylation is 3. The summed E-state index contributed by atoms with van der Waals surface area (Å²) in [6, 6.07) is 6.04. The number of imidazole rings is 1. The molecular formula is C13H13N3S. The summed E-state index contributed by atoms with van der Waals surface area (Å²) in [5, 5.41) is 1.10. The summed E-state index contributed by atoms with van der Waals surface area (Å²) < 4.78 is 2.11. The second kappa shape index (κ2) is 3.67. The molecule has 3 aromatic rings. The van der Waals surface area contributed by atoms with E-state index in [1.165, 1.54) is 4.88 Å². The third kappa shape index (κ3) is 1.56. The second-order valence-electron chi connectivity index (χ2n) is 4.11. The molecule has 0 saturated heterocycles. The van der Waals surface area contributed by atoms with Crippen LogP contribution >= 0.6 is 11.3 Å². The molecule has 3 nitrogen and oxygen atoms in total. The van der Waals surface area contributed by atoms with E-state index in [0.29, 0.717) is 0 Å². The minimum atomic E-state index is 0.977. The maximum atomic E-state index is 4.62. The Kier molecular flexibility index (Phi) is 2.26. The van der Waals surface area contributed by atoms with Crippen molar-refractivity contribution in [2.24, 2.45) is 0 Å². The van der Waals surface area contributed by atoms with Gasteiger partial charge in [0.2, 0.25) is 0 Å². The molecule has 3 aromatic heterocycles. The van der Waals surface area contributed by atoms with Crippen molar-refractivity contribution in [3.05, 3.63) is 40.0 Å². The average molecular weight is 243 g/mol. The van der Waals surface area contributed by atoms with E-state index in [9.17, 15) is 0 Å². The van der Waals surface area contributed by atoms with Gasteiger partial charge < -0.3 is 0 Å². The lowest BCUT2D eigenvalue weighted by atomic mass is 10.2. The van der Waals surface area contributed by atoms with Crippen LogP contribution in [0.2, 0.25) is 0 Å². The summed E-state index contributed by atoms with van der Waals surface area (Å²) in [7, 11) is 0. The summed E-state index contributed by atoms with van der Waals surface area (Å²) in [6.07, 6.45) is 2.04. The molecule has 0 radical (unpaired) electrons. The highest BCUT2D eigenvalue weighted by Gasteiger charge is 2.15. The molecule has 0 aliphatic heterocycles. The highest BCUT2D eigenvalue weighted by molar-refractivity contribution is 7.11. The SMILES string of the molecule is Cc1nc(-c2c(C)nc3ccccn23)c(C)s1. The van der Waals surface area contributed by atoms with Crippen LogP contribution in [0.15, 0.2) is 24.4 Å². The van der Waals surface area contributed by atoms with E-state index >= 15 is 0 Å². The molecule has 0 unspecified atom stereocenters. The molecule has 3 heterocycles. The van der Waals surface area contributed by atoms with Gasteiger partial charge in [-0.3, -0.25) is 4.40 Å². The Balaban J connectivity index is 2.37. The van der Waals surface area contributed by atoms with Crippen LogP contribution in [0, 0.1) is 20.8 Å². The van der Waals surface area contributed by atoms with Crippen molar-refractivity contribution in [2.45, 2.75) is 20.8 Å². The fourth-order valence-electron chi connectivity index (χ4n) is 2.15. The topological polar surface area (TPSA) is 30.2 Å². The van der Waals surface area contributed by atoms with Crippen LogP contribution < -0.4 is 0 Å². The third-order valence-corrected chi connectivity index (χ3v) is 3.72. The zero-order chi connectivity index (χ0) is 12.0. The first-order valence-corrected chi connectivity index (χ1v) is 6.36. The van der Waals surface area contributed by atoms with E-state index in [4.69, 9.17) is 0 Å². The summed E-state index contributed by atoms with van der Waals surface area (Å²) in [4.78, 5) is 10.4. The predicted molar refractivity (Wildman–Crippen MR) is 70.5 cm³/mol. The molecule has 0 saturated carbocycles. The molecule has 0 aliphatic carbocycles. The van der Waals surface area contributed by atoms with Gasteiger partial charge in [0, 0.05) is 11.1 Å². The van der Waals surface area contributed by atoms with Crippen molar-refractivity contribution in [3.63, 3.8) is 0 Å². The van der Waals surface area contributed by atoms with E-state index in [2.05, 4.69) is 21.3 Å². The van der Waals surface area contributed by atoms with Crippen LogP contribution in [0.5, 0.6) is 0 Å². The number of hydrogen-bond donors (Lipinski definition) is 0. The highest BCUT2D eigenvalue weighted by Crippen LogP contribution is 2.30. The van der Waals surface area contributed by atoms with Crippen LogP contribution in [0.25, 0.3) is 17.0 Å². The van der Waals surface area contributed by atoms with Gasteiger partial charge in [-0.1, -0.05) is 6.07 Å². The number of hydrogen-bond acceptors (Lipinski definition) is 3. The molecule has 0 atom stereocenters. The van der Waals surface area contributed by atoms with Crippen LogP contribution in [-0.4, -0.2) is 14.4 Å². The maximum absolute atomic E-state index is 4.62. The molecule has 0 aromatic carbocycles. The van der Waals surface area contributed by atoms with Crippen molar-refractivity contribution in [1.29, 1.82) is 0 Å². The smallest absolute Gasteiger partial charge is 0.137 e. The van der Waals surface area contributed by atoms with Gasteiger partial charge in [-0.2, -0.15) is 0 Å². The predicted octanol–water partition coefficient (Wildman–Crippen LogP) is 3.38. The zero-order valence-electron chi connectivity index (χ0n) is 10.1. The van der Waals surface area contributed by atoms with Crippen LogP contribution in [0.4, 0.5) is 0 Å². The number of nitrogens with zero attached hydrogens (tertiary/aromatic N) is 3. The monoisotopic (exact) mass is 243 g/mol. The van der Waals surface area contributed by atoms with E-state index in [-0.39, 0.29) is 0 Å². The van der Waals surface area contributed by atoms with Gasteiger partial charge >= 0.3 is 0 Å². The highest BCUT2D eigenvalue weighted by atomic mass is 32.1. The fraction of sp³-hybridized carbons (Fsp3) is 0.231. The average Bonchev–Trinajstić information content (AvgIpc) is 2.77. The number of rotatable bonds is 1. The van der Waals surface area contributed by atoms with Gasteiger partial charge in [0.05, 0.1) is 16.4 Å². The standard InChI is InChI=1S/C13H13N3S/c1-8-13(12-9(2)17-10(3)15-12)16-7-5-4-6-11(16)14-8/h4-7H,1-3H3. The lowest BCUT2D eigenvalue weighted by Gasteiger charge is -2.00. The molecule has 0 amide bonds. The Bertz CT molecular complexity index is 694. The quantitative estimate of drug-likeness (QED) is 0.656.